The minimum atomic E-state index is -0.231. The quantitative estimate of drug-likeness (QED) is 0.492. The zero-order chi connectivity index (χ0) is 22.9. The molecule has 0 amide bonds. The highest BCUT2D eigenvalue weighted by Crippen LogP contribution is 2.21. The fourth-order valence-electron chi connectivity index (χ4n) is 4.45. The Kier molecular flexibility index (Phi) is 5.93. The van der Waals surface area contributed by atoms with Gasteiger partial charge in [-0.25, -0.2) is 4.68 Å². The van der Waals surface area contributed by atoms with Crippen LogP contribution in [0.15, 0.2) is 64.2 Å². The van der Waals surface area contributed by atoms with E-state index in [4.69, 9.17) is 16.3 Å². The van der Waals surface area contributed by atoms with Gasteiger partial charge in [-0.3, -0.25) is 19.6 Å². The number of ether oxygens (including phenoxy) is 1. The van der Waals surface area contributed by atoms with Crippen molar-refractivity contribution in [2.24, 2.45) is 0 Å². The van der Waals surface area contributed by atoms with Crippen LogP contribution in [-0.2, 0) is 17.8 Å². The summed E-state index contributed by atoms with van der Waals surface area (Å²) < 4.78 is 8.53. The molecule has 2 aromatic heterocycles. The second-order valence-corrected chi connectivity index (χ2v) is 8.71. The van der Waals surface area contributed by atoms with Gasteiger partial charge < -0.3 is 9.30 Å². The highest BCUT2D eigenvalue weighted by Gasteiger charge is 2.18. The van der Waals surface area contributed by atoms with Crippen LogP contribution in [-0.4, -0.2) is 45.6 Å². The predicted octanol–water partition coefficient (Wildman–Crippen LogP) is 3.32. The number of fused-ring (bicyclic) bond motifs is 1. The molecule has 7 nitrogen and oxygen atoms in total. The van der Waals surface area contributed by atoms with Crippen molar-refractivity contribution in [3.8, 4) is 5.69 Å². The molecule has 4 aromatic rings. The molecule has 33 heavy (non-hydrogen) atoms. The first-order valence-electron chi connectivity index (χ1n) is 11.0. The van der Waals surface area contributed by atoms with Crippen LogP contribution < -0.4 is 11.1 Å². The van der Waals surface area contributed by atoms with Crippen LogP contribution in [0.3, 0.4) is 0 Å². The normalized spacial score (nSPS) is 14.7. The number of rotatable bonds is 5. The van der Waals surface area contributed by atoms with Crippen LogP contribution in [0, 0.1) is 6.92 Å². The van der Waals surface area contributed by atoms with Crippen molar-refractivity contribution >= 4 is 22.5 Å². The molecular formula is C25H25ClN4O3. The van der Waals surface area contributed by atoms with Crippen molar-refractivity contribution in [3.05, 3.63) is 97.1 Å². The minimum absolute atomic E-state index is 0.159. The number of aromatic amines is 1. The Labute approximate surface area is 195 Å². The summed E-state index contributed by atoms with van der Waals surface area (Å²) in [5.74, 6) is 0. The lowest BCUT2D eigenvalue weighted by Crippen LogP contribution is -2.36. The molecule has 0 radical (unpaired) electrons. The number of halogens is 1. The average Bonchev–Trinajstić information content (AvgIpc) is 3.14. The second-order valence-electron chi connectivity index (χ2n) is 8.30. The molecule has 8 heteroatoms. The van der Waals surface area contributed by atoms with Gasteiger partial charge in [-0.2, -0.15) is 0 Å². The van der Waals surface area contributed by atoms with Crippen molar-refractivity contribution < 1.29 is 4.74 Å². The molecular weight excluding hydrogens is 440 g/mol. The summed E-state index contributed by atoms with van der Waals surface area (Å²) in [4.78, 5) is 28.7. The first-order chi connectivity index (χ1) is 16.0. The summed E-state index contributed by atoms with van der Waals surface area (Å²) in [7, 11) is 0. The smallest absolute Gasteiger partial charge is 0.280 e. The maximum absolute atomic E-state index is 13.3. The Morgan fingerprint density at radius 1 is 0.970 bits per heavy atom. The third-order valence-electron chi connectivity index (χ3n) is 6.26. The average molecular weight is 465 g/mol. The molecule has 1 N–H and O–H groups in total. The van der Waals surface area contributed by atoms with Gasteiger partial charge in [0.2, 0.25) is 0 Å². The number of nitrogens with one attached hydrogen (secondary N) is 1. The summed E-state index contributed by atoms with van der Waals surface area (Å²) in [6, 6.07) is 16.8. The van der Waals surface area contributed by atoms with Crippen LogP contribution in [0.25, 0.3) is 16.6 Å². The molecule has 0 spiro atoms. The molecule has 1 saturated heterocycles. The Bertz CT molecular complexity index is 1430. The largest absolute Gasteiger partial charge is 0.379 e. The number of benzene rings is 2. The highest BCUT2D eigenvalue weighted by atomic mass is 35.5. The lowest BCUT2D eigenvalue weighted by molar-refractivity contribution is 0.0340. The Morgan fingerprint density at radius 2 is 1.64 bits per heavy atom. The summed E-state index contributed by atoms with van der Waals surface area (Å²) >= 11 is 6.31. The number of aryl methyl sites for hydroxylation is 1. The number of hydrogen-bond acceptors (Lipinski definition) is 4. The van der Waals surface area contributed by atoms with E-state index in [0.717, 1.165) is 38.4 Å². The fourth-order valence-corrected chi connectivity index (χ4v) is 4.67. The topological polar surface area (TPSA) is 72.3 Å². The molecule has 170 valence electrons. The number of nitrogens with zero attached hydrogens (tertiary/aromatic N) is 3. The molecule has 5 rings (SSSR count). The molecule has 0 aliphatic carbocycles. The van der Waals surface area contributed by atoms with Crippen molar-refractivity contribution in [1.82, 2.24) is 19.2 Å². The van der Waals surface area contributed by atoms with E-state index in [1.165, 1.54) is 16.3 Å². The standard InChI is InChI=1S/C25H25ClN4O3/c1-17-24-21(27-30(25(24)32)22-9-5-4-8-20(22)26)14-23(31)29(17)16-19-7-3-2-6-18(19)15-28-10-12-33-13-11-28/h2-9,14,27H,10-13,15-16H2,1H3. The number of H-pyrrole nitrogens is 1. The molecule has 0 atom stereocenters. The van der Waals surface area contributed by atoms with Gasteiger partial charge >= 0.3 is 0 Å². The van der Waals surface area contributed by atoms with Gasteiger partial charge in [-0.05, 0) is 30.2 Å². The molecule has 1 fully saturated rings. The Morgan fingerprint density at radius 3 is 2.36 bits per heavy atom. The van der Waals surface area contributed by atoms with Crippen molar-refractivity contribution in [2.45, 2.75) is 20.0 Å². The monoisotopic (exact) mass is 464 g/mol. The maximum Gasteiger partial charge on any atom is 0.280 e. The van der Waals surface area contributed by atoms with Crippen molar-refractivity contribution in [1.29, 1.82) is 0 Å². The fraction of sp³-hybridized carbons (Fsp3) is 0.280. The van der Waals surface area contributed by atoms with Gasteiger partial charge in [-0.1, -0.05) is 48.0 Å². The van der Waals surface area contributed by atoms with Gasteiger partial charge in [0.25, 0.3) is 11.1 Å². The highest BCUT2D eigenvalue weighted by molar-refractivity contribution is 6.32. The third kappa shape index (κ3) is 4.15. The maximum atomic E-state index is 13.3. The molecule has 1 aliphatic rings. The summed E-state index contributed by atoms with van der Waals surface area (Å²) in [5.41, 5.74) is 3.53. The van der Waals surface area contributed by atoms with Crippen LogP contribution >= 0.6 is 11.6 Å². The van der Waals surface area contributed by atoms with E-state index in [2.05, 4.69) is 16.1 Å². The van der Waals surface area contributed by atoms with E-state index in [1.54, 1.807) is 16.7 Å². The molecule has 0 unspecified atom stereocenters. The Balaban J connectivity index is 1.55. The molecule has 2 aromatic carbocycles. The zero-order valence-corrected chi connectivity index (χ0v) is 19.1. The van der Waals surface area contributed by atoms with E-state index in [9.17, 15) is 9.59 Å². The number of para-hydroxylation sites is 1. The number of morpholine rings is 1. The van der Waals surface area contributed by atoms with Gasteiger partial charge in [0.1, 0.15) is 0 Å². The van der Waals surface area contributed by atoms with Crippen LogP contribution in [0.4, 0.5) is 0 Å². The van der Waals surface area contributed by atoms with E-state index in [1.807, 2.05) is 37.3 Å². The minimum Gasteiger partial charge on any atom is -0.379 e. The van der Waals surface area contributed by atoms with Crippen LogP contribution in [0.1, 0.15) is 16.8 Å². The SMILES string of the molecule is Cc1c2c(=O)n(-c3ccccc3Cl)[nH]c2cc(=O)n1Cc1ccccc1CN1CCOCC1. The first-order valence-corrected chi connectivity index (χ1v) is 11.4. The van der Waals surface area contributed by atoms with E-state index >= 15 is 0 Å². The zero-order valence-electron chi connectivity index (χ0n) is 18.4. The van der Waals surface area contributed by atoms with Gasteiger partial charge in [0, 0.05) is 31.4 Å². The van der Waals surface area contributed by atoms with Gasteiger partial charge in [-0.15, -0.1) is 0 Å². The van der Waals surface area contributed by atoms with E-state index < -0.39 is 0 Å². The first kappa shape index (κ1) is 21.7. The van der Waals surface area contributed by atoms with Crippen LogP contribution in [0.2, 0.25) is 5.02 Å². The van der Waals surface area contributed by atoms with Gasteiger partial charge in [0.15, 0.2) is 0 Å². The summed E-state index contributed by atoms with van der Waals surface area (Å²) in [5, 5.41) is 3.99. The molecule has 0 bridgehead atoms. The van der Waals surface area contributed by atoms with Crippen molar-refractivity contribution in [3.63, 3.8) is 0 Å². The van der Waals surface area contributed by atoms with E-state index in [0.29, 0.717) is 33.9 Å². The molecule has 1 aliphatic heterocycles. The second kappa shape index (κ2) is 9.02. The number of aromatic nitrogens is 3. The summed E-state index contributed by atoms with van der Waals surface area (Å²) in [6.07, 6.45) is 0. The van der Waals surface area contributed by atoms with Crippen molar-refractivity contribution in [2.75, 3.05) is 26.3 Å². The number of hydrogen-bond donors (Lipinski definition) is 1. The lowest BCUT2D eigenvalue weighted by atomic mass is 10.1. The van der Waals surface area contributed by atoms with Gasteiger partial charge in [0.05, 0.1) is 41.4 Å². The number of pyridine rings is 1. The van der Waals surface area contributed by atoms with Crippen LogP contribution in [0.5, 0.6) is 0 Å². The molecule has 0 saturated carbocycles. The third-order valence-corrected chi connectivity index (χ3v) is 6.58. The lowest BCUT2D eigenvalue weighted by Gasteiger charge is -2.27. The van der Waals surface area contributed by atoms with E-state index in [-0.39, 0.29) is 11.1 Å². The summed E-state index contributed by atoms with van der Waals surface area (Å²) in [6.45, 7) is 6.29. The predicted molar refractivity (Wildman–Crippen MR) is 130 cm³/mol. The molecule has 3 heterocycles. The Hall–Kier alpha value is -3.13.